The molecular weight excluding hydrogens is 400 g/mol. The van der Waals surface area contributed by atoms with Gasteiger partial charge in [-0.2, -0.15) is 4.98 Å². The molecule has 0 saturated heterocycles. The minimum atomic E-state index is -0.964. The summed E-state index contributed by atoms with van der Waals surface area (Å²) < 4.78 is 14.2. The quantitative estimate of drug-likeness (QED) is 0.471. The number of rotatable bonds is 7. The van der Waals surface area contributed by atoms with Crippen LogP contribution < -0.4 is 20.7 Å². The fraction of sp³-hybridized carbons (Fsp3) is 0.227. The molecule has 9 nitrogen and oxygen atoms in total. The molecule has 2 aromatic heterocycles. The van der Waals surface area contributed by atoms with Crippen LogP contribution in [0.25, 0.3) is 11.2 Å². The zero-order valence-corrected chi connectivity index (χ0v) is 17.1. The van der Waals surface area contributed by atoms with Crippen molar-refractivity contribution in [2.24, 2.45) is 7.05 Å². The topological polar surface area (TPSA) is 111 Å². The molecule has 4 rings (SSSR count). The summed E-state index contributed by atoms with van der Waals surface area (Å²) in [6.45, 7) is 1.90. The van der Waals surface area contributed by atoms with Crippen molar-refractivity contribution >= 4 is 11.2 Å². The Balaban J connectivity index is 1.70. The van der Waals surface area contributed by atoms with Crippen molar-refractivity contribution < 1.29 is 14.6 Å². The van der Waals surface area contributed by atoms with E-state index in [-0.39, 0.29) is 30.3 Å². The van der Waals surface area contributed by atoms with Gasteiger partial charge in [0, 0.05) is 7.05 Å². The number of aromatic nitrogens is 4. The molecule has 2 heterocycles. The van der Waals surface area contributed by atoms with Crippen LogP contribution in [0.3, 0.4) is 0 Å². The fourth-order valence-corrected chi connectivity index (χ4v) is 3.22. The molecule has 1 atom stereocenters. The predicted molar refractivity (Wildman–Crippen MR) is 115 cm³/mol. The first-order chi connectivity index (χ1) is 14.9. The third-order valence-corrected chi connectivity index (χ3v) is 4.75. The van der Waals surface area contributed by atoms with E-state index in [2.05, 4.69) is 9.97 Å². The average molecular weight is 422 g/mol. The van der Waals surface area contributed by atoms with Crippen molar-refractivity contribution in [1.82, 2.24) is 19.1 Å². The SMILES string of the molecule is Cc1cccc(Oc2nc3c(c(=O)[nH]c(=O)n3C)n2CC(O)COc2ccccc2)c1. The maximum Gasteiger partial charge on any atom is 0.329 e. The first-order valence-corrected chi connectivity index (χ1v) is 9.72. The number of imidazole rings is 1. The van der Waals surface area contributed by atoms with E-state index in [1.165, 1.54) is 16.2 Å². The molecule has 0 spiro atoms. The number of aliphatic hydroxyl groups excluding tert-OH is 1. The molecule has 9 heteroatoms. The maximum atomic E-state index is 12.6. The zero-order valence-electron chi connectivity index (χ0n) is 17.1. The molecule has 0 amide bonds. The Morgan fingerprint density at radius 2 is 1.84 bits per heavy atom. The number of nitrogens with one attached hydrogen (secondary N) is 1. The molecule has 0 aliphatic carbocycles. The van der Waals surface area contributed by atoms with Gasteiger partial charge < -0.3 is 14.6 Å². The van der Waals surface area contributed by atoms with Crippen molar-refractivity contribution in [2.45, 2.75) is 19.6 Å². The van der Waals surface area contributed by atoms with Crippen LogP contribution in [0.2, 0.25) is 0 Å². The second kappa shape index (κ2) is 8.49. The van der Waals surface area contributed by atoms with Crippen molar-refractivity contribution in [2.75, 3.05) is 6.61 Å². The van der Waals surface area contributed by atoms with Crippen LogP contribution in [-0.4, -0.2) is 36.9 Å². The number of benzene rings is 2. The summed E-state index contributed by atoms with van der Waals surface area (Å²) in [5.41, 5.74) is 0.0795. The van der Waals surface area contributed by atoms with Crippen LogP contribution in [0.1, 0.15) is 5.56 Å². The highest BCUT2D eigenvalue weighted by Gasteiger charge is 2.21. The van der Waals surface area contributed by atoms with Crippen LogP contribution in [0, 0.1) is 6.92 Å². The molecule has 0 bridgehead atoms. The Morgan fingerprint density at radius 3 is 2.58 bits per heavy atom. The summed E-state index contributed by atoms with van der Waals surface area (Å²) in [4.78, 5) is 31.2. The Labute approximate surface area is 177 Å². The molecule has 0 saturated carbocycles. The lowest BCUT2D eigenvalue weighted by atomic mass is 10.2. The number of aromatic amines is 1. The van der Waals surface area contributed by atoms with Crippen LogP contribution in [0.15, 0.2) is 64.2 Å². The van der Waals surface area contributed by atoms with Crippen molar-refractivity contribution in [3.63, 3.8) is 0 Å². The largest absolute Gasteiger partial charge is 0.491 e. The summed E-state index contributed by atoms with van der Waals surface area (Å²) in [5, 5.41) is 10.6. The highest BCUT2D eigenvalue weighted by atomic mass is 16.5. The van der Waals surface area contributed by atoms with E-state index in [0.29, 0.717) is 11.5 Å². The van der Waals surface area contributed by atoms with Gasteiger partial charge in [0.15, 0.2) is 11.2 Å². The monoisotopic (exact) mass is 422 g/mol. The minimum Gasteiger partial charge on any atom is -0.491 e. The third-order valence-electron chi connectivity index (χ3n) is 4.75. The normalized spacial score (nSPS) is 12.1. The maximum absolute atomic E-state index is 12.6. The predicted octanol–water partition coefficient (Wildman–Crippen LogP) is 1.96. The number of aliphatic hydroxyl groups is 1. The lowest BCUT2D eigenvalue weighted by Crippen LogP contribution is -2.30. The molecule has 31 heavy (non-hydrogen) atoms. The van der Waals surface area contributed by atoms with E-state index >= 15 is 0 Å². The lowest BCUT2D eigenvalue weighted by Gasteiger charge is -2.15. The van der Waals surface area contributed by atoms with E-state index < -0.39 is 17.4 Å². The average Bonchev–Trinajstić information content (AvgIpc) is 3.10. The Morgan fingerprint density at radius 1 is 1.10 bits per heavy atom. The molecule has 0 radical (unpaired) electrons. The molecule has 1 unspecified atom stereocenters. The highest BCUT2D eigenvalue weighted by molar-refractivity contribution is 5.71. The van der Waals surface area contributed by atoms with Gasteiger partial charge in [0.25, 0.3) is 5.56 Å². The first kappa shape index (κ1) is 20.4. The summed E-state index contributed by atoms with van der Waals surface area (Å²) in [5.74, 6) is 1.14. The third kappa shape index (κ3) is 4.36. The highest BCUT2D eigenvalue weighted by Crippen LogP contribution is 2.25. The molecule has 160 valence electrons. The molecule has 0 fully saturated rings. The Bertz CT molecular complexity index is 1320. The van der Waals surface area contributed by atoms with E-state index in [1.807, 2.05) is 43.3 Å². The smallest absolute Gasteiger partial charge is 0.329 e. The Kier molecular flexibility index (Phi) is 5.59. The second-order valence-electron chi connectivity index (χ2n) is 7.19. The van der Waals surface area contributed by atoms with Gasteiger partial charge in [-0.15, -0.1) is 0 Å². The van der Waals surface area contributed by atoms with E-state index in [9.17, 15) is 14.7 Å². The summed E-state index contributed by atoms with van der Waals surface area (Å²) in [6, 6.07) is 16.5. The van der Waals surface area contributed by atoms with Crippen LogP contribution >= 0.6 is 0 Å². The number of H-pyrrole nitrogens is 1. The number of para-hydroxylation sites is 1. The van der Waals surface area contributed by atoms with E-state index in [0.717, 1.165) is 5.56 Å². The summed E-state index contributed by atoms with van der Waals surface area (Å²) in [7, 11) is 1.50. The van der Waals surface area contributed by atoms with E-state index in [1.54, 1.807) is 18.2 Å². The van der Waals surface area contributed by atoms with Gasteiger partial charge in [-0.3, -0.25) is 18.9 Å². The number of aryl methyl sites for hydroxylation is 2. The number of nitrogens with zero attached hydrogens (tertiary/aromatic N) is 3. The Hall–Kier alpha value is -3.85. The van der Waals surface area contributed by atoms with Gasteiger partial charge in [0.05, 0.1) is 6.54 Å². The van der Waals surface area contributed by atoms with Crippen molar-refractivity contribution in [3.8, 4) is 17.5 Å². The number of hydrogen-bond acceptors (Lipinski definition) is 6. The van der Waals surface area contributed by atoms with E-state index in [4.69, 9.17) is 9.47 Å². The minimum absolute atomic E-state index is 0.00274. The van der Waals surface area contributed by atoms with Gasteiger partial charge in [-0.25, -0.2) is 4.79 Å². The lowest BCUT2D eigenvalue weighted by molar-refractivity contribution is 0.0915. The van der Waals surface area contributed by atoms with Crippen molar-refractivity contribution in [1.29, 1.82) is 0 Å². The molecule has 2 aromatic carbocycles. The molecule has 0 aliphatic heterocycles. The van der Waals surface area contributed by atoms with Gasteiger partial charge in [0.2, 0.25) is 0 Å². The molecular formula is C22H22N4O5. The second-order valence-corrected chi connectivity index (χ2v) is 7.19. The summed E-state index contributed by atoms with van der Waals surface area (Å²) >= 11 is 0. The fourth-order valence-electron chi connectivity index (χ4n) is 3.22. The van der Waals surface area contributed by atoms with Gasteiger partial charge in [-0.05, 0) is 36.8 Å². The summed E-state index contributed by atoms with van der Waals surface area (Å²) in [6.07, 6.45) is -0.964. The van der Waals surface area contributed by atoms with Gasteiger partial charge in [-0.1, -0.05) is 30.3 Å². The molecule has 4 aromatic rings. The molecule has 2 N–H and O–H groups in total. The number of fused-ring (bicyclic) bond motifs is 1. The van der Waals surface area contributed by atoms with Crippen LogP contribution in [0.4, 0.5) is 0 Å². The first-order valence-electron chi connectivity index (χ1n) is 9.72. The van der Waals surface area contributed by atoms with Crippen LogP contribution in [0.5, 0.6) is 17.5 Å². The van der Waals surface area contributed by atoms with Crippen molar-refractivity contribution in [3.05, 3.63) is 81.0 Å². The number of hydrogen-bond donors (Lipinski definition) is 2. The standard InChI is InChI=1S/C22H22N4O5/c1-14-7-6-10-17(11-14)31-22-23-19-18(20(28)24-21(29)25(19)2)26(22)12-15(27)13-30-16-8-4-3-5-9-16/h3-11,15,27H,12-13H2,1-2H3,(H,24,28,29). The molecule has 0 aliphatic rings. The van der Waals surface area contributed by atoms with Crippen LogP contribution in [-0.2, 0) is 13.6 Å². The van der Waals surface area contributed by atoms with Gasteiger partial charge >= 0.3 is 11.7 Å². The van der Waals surface area contributed by atoms with Gasteiger partial charge in [0.1, 0.15) is 24.2 Å². The zero-order chi connectivity index (χ0) is 22.0. The number of ether oxygens (including phenoxy) is 2.